The molecule has 2 aromatic rings. The molecule has 0 saturated carbocycles. The van der Waals surface area contributed by atoms with Crippen molar-refractivity contribution in [2.45, 2.75) is 33.6 Å². The average molecular weight is 274 g/mol. The van der Waals surface area contributed by atoms with Crippen molar-refractivity contribution in [1.29, 1.82) is 0 Å². The van der Waals surface area contributed by atoms with Gasteiger partial charge in [0.15, 0.2) is 5.82 Å². The molecular formula is C16H22N2O2. The monoisotopic (exact) mass is 274 g/mol. The van der Waals surface area contributed by atoms with Gasteiger partial charge < -0.3 is 15.0 Å². The number of benzene rings is 1. The van der Waals surface area contributed by atoms with Crippen LogP contribution in [0.4, 0.5) is 5.82 Å². The van der Waals surface area contributed by atoms with Gasteiger partial charge in [-0.25, -0.2) is 0 Å². The Morgan fingerprint density at radius 2 is 1.80 bits per heavy atom. The number of ether oxygens (including phenoxy) is 1. The molecule has 0 atom stereocenters. The Kier molecular flexibility index (Phi) is 4.32. The van der Waals surface area contributed by atoms with Crippen molar-refractivity contribution in [2.24, 2.45) is 5.92 Å². The third-order valence-corrected chi connectivity index (χ3v) is 3.00. The van der Waals surface area contributed by atoms with Crippen LogP contribution in [-0.2, 0) is 0 Å². The van der Waals surface area contributed by atoms with Gasteiger partial charge in [-0.15, -0.1) is 0 Å². The maximum absolute atomic E-state index is 5.91. The van der Waals surface area contributed by atoms with E-state index < -0.39 is 0 Å². The molecule has 20 heavy (non-hydrogen) atoms. The van der Waals surface area contributed by atoms with Gasteiger partial charge in [0, 0.05) is 5.92 Å². The lowest BCUT2D eigenvalue weighted by Gasteiger charge is -2.10. The van der Waals surface area contributed by atoms with E-state index in [0.717, 1.165) is 22.6 Å². The van der Waals surface area contributed by atoms with Crippen molar-refractivity contribution < 1.29 is 9.26 Å². The normalized spacial score (nSPS) is 11.3. The molecular weight excluding hydrogens is 252 g/mol. The lowest BCUT2D eigenvalue weighted by molar-refractivity contribution is 0.271. The Hall–Kier alpha value is -1.97. The number of hydrogen-bond acceptors (Lipinski definition) is 4. The fourth-order valence-electron chi connectivity index (χ4n) is 1.98. The average Bonchev–Trinajstić information content (AvgIpc) is 2.79. The summed E-state index contributed by atoms with van der Waals surface area (Å²) in [6.07, 6.45) is 0. The molecule has 2 rings (SSSR count). The van der Waals surface area contributed by atoms with Gasteiger partial charge in [-0.3, -0.25) is 0 Å². The van der Waals surface area contributed by atoms with Gasteiger partial charge in [0.25, 0.3) is 0 Å². The molecule has 1 aromatic carbocycles. The molecule has 1 heterocycles. The van der Waals surface area contributed by atoms with Crippen molar-refractivity contribution in [3.8, 4) is 16.9 Å². The van der Waals surface area contributed by atoms with Gasteiger partial charge in [-0.1, -0.05) is 45.0 Å². The van der Waals surface area contributed by atoms with Gasteiger partial charge in [-0.05, 0) is 23.6 Å². The molecule has 0 aliphatic carbocycles. The maximum atomic E-state index is 5.91. The summed E-state index contributed by atoms with van der Waals surface area (Å²) in [4.78, 5) is 0. The van der Waals surface area contributed by atoms with Crippen molar-refractivity contribution >= 4 is 5.82 Å². The lowest BCUT2D eigenvalue weighted by Crippen LogP contribution is -2.04. The third-order valence-electron chi connectivity index (χ3n) is 3.00. The summed E-state index contributed by atoms with van der Waals surface area (Å²) in [7, 11) is 0. The minimum absolute atomic E-state index is 0.242. The third kappa shape index (κ3) is 3.13. The van der Waals surface area contributed by atoms with Crippen LogP contribution < -0.4 is 10.5 Å². The minimum Gasteiger partial charge on any atom is -0.493 e. The van der Waals surface area contributed by atoms with Crippen LogP contribution in [0.3, 0.4) is 0 Å². The molecule has 4 heteroatoms. The van der Waals surface area contributed by atoms with E-state index in [4.69, 9.17) is 15.0 Å². The second-order valence-corrected chi connectivity index (χ2v) is 5.69. The number of nitrogen functional groups attached to an aromatic ring is 1. The summed E-state index contributed by atoms with van der Waals surface area (Å²) in [6, 6.07) is 7.89. The molecule has 1 aromatic heterocycles. The van der Waals surface area contributed by atoms with E-state index in [9.17, 15) is 0 Å². The van der Waals surface area contributed by atoms with E-state index in [-0.39, 0.29) is 5.92 Å². The number of nitrogens with two attached hydrogens (primary N) is 1. The number of rotatable bonds is 5. The highest BCUT2D eigenvalue weighted by Crippen LogP contribution is 2.34. The molecule has 0 aliphatic rings. The Balaban J connectivity index is 2.24. The second-order valence-electron chi connectivity index (χ2n) is 5.69. The predicted octanol–water partition coefficient (Wildman–Crippen LogP) is 4.08. The van der Waals surface area contributed by atoms with Crippen LogP contribution in [0, 0.1) is 5.92 Å². The number of hydrogen-bond donors (Lipinski definition) is 1. The van der Waals surface area contributed by atoms with E-state index in [0.29, 0.717) is 18.3 Å². The van der Waals surface area contributed by atoms with E-state index in [1.165, 1.54) is 0 Å². The van der Waals surface area contributed by atoms with Gasteiger partial charge in [0.1, 0.15) is 11.5 Å². The van der Waals surface area contributed by atoms with Gasteiger partial charge >= 0.3 is 0 Å². The van der Waals surface area contributed by atoms with Gasteiger partial charge in [0.2, 0.25) is 0 Å². The summed E-state index contributed by atoms with van der Waals surface area (Å²) in [5, 5.41) is 3.87. The number of nitrogens with zero attached hydrogens (tertiary/aromatic N) is 1. The molecule has 0 aliphatic heterocycles. The highest BCUT2D eigenvalue weighted by atomic mass is 16.5. The zero-order valence-corrected chi connectivity index (χ0v) is 12.5. The molecule has 0 fully saturated rings. The molecule has 0 bridgehead atoms. The maximum Gasteiger partial charge on any atom is 0.175 e. The number of aromatic nitrogens is 1. The highest BCUT2D eigenvalue weighted by Gasteiger charge is 2.18. The smallest absolute Gasteiger partial charge is 0.175 e. The van der Waals surface area contributed by atoms with Crippen LogP contribution in [0.15, 0.2) is 28.8 Å². The fourth-order valence-corrected chi connectivity index (χ4v) is 1.98. The van der Waals surface area contributed by atoms with Crippen molar-refractivity contribution in [1.82, 2.24) is 5.16 Å². The SMILES string of the molecule is CC(C)COc1ccc(-c2c(N)noc2C(C)C)cc1. The Labute approximate surface area is 119 Å². The van der Waals surface area contributed by atoms with Gasteiger partial charge in [0.05, 0.1) is 12.2 Å². The zero-order valence-electron chi connectivity index (χ0n) is 12.5. The summed E-state index contributed by atoms with van der Waals surface area (Å²) in [5.41, 5.74) is 7.80. The molecule has 0 saturated heterocycles. The minimum atomic E-state index is 0.242. The summed E-state index contributed by atoms with van der Waals surface area (Å²) in [6.45, 7) is 9.08. The standard InChI is InChI=1S/C16H22N2O2/c1-10(2)9-19-13-7-5-12(6-8-13)14-15(11(3)4)20-18-16(14)17/h5-8,10-11H,9H2,1-4H3,(H2,17,18). The first-order chi connectivity index (χ1) is 9.49. The largest absolute Gasteiger partial charge is 0.493 e. The van der Waals surface area contributed by atoms with Crippen LogP contribution in [0.1, 0.15) is 39.4 Å². The Morgan fingerprint density at radius 1 is 1.15 bits per heavy atom. The predicted molar refractivity (Wildman–Crippen MR) is 80.8 cm³/mol. The first kappa shape index (κ1) is 14.4. The first-order valence-electron chi connectivity index (χ1n) is 6.97. The molecule has 0 amide bonds. The summed E-state index contributed by atoms with van der Waals surface area (Å²) < 4.78 is 11.0. The van der Waals surface area contributed by atoms with Crippen molar-refractivity contribution in [2.75, 3.05) is 12.3 Å². The van der Waals surface area contributed by atoms with Crippen LogP contribution in [0.2, 0.25) is 0 Å². The molecule has 0 unspecified atom stereocenters. The molecule has 0 spiro atoms. The summed E-state index contributed by atoms with van der Waals surface area (Å²) in [5.74, 6) is 2.87. The van der Waals surface area contributed by atoms with Crippen LogP contribution in [0.5, 0.6) is 5.75 Å². The van der Waals surface area contributed by atoms with Crippen molar-refractivity contribution in [3.05, 3.63) is 30.0 Å². The molecule has 4 nitrogen and oxygen atoms in total. The Morgan fingerprint density at radius 3 is 2.35 bits per heavy atom. The first-order valence-corrected chi connectivity index (χ1v) is 6.97. The second kappa shape index (κ2) is 5.99. The number of anilines is 1. The molecule has 108 valence electrons. The molecule has 0 radical (unpaired) electrons. The van der Waals surface area contributed by atoms with E-state index in [2.05, 4.69) is 32.9 Å². The zero-order chi connectivity index (χ0) is 14.7. The van der Waals surface area contributed by atoms with E-state index in [1.54, 1.807) is 0 Å². The molecule has 2 N–H and O–H groups in total. The lowest BCUT2D eigenvalue weighted by atomic mass is 10.00. The topological polar surface area (TPSA) is 61.3 Å². The van der Waals surface area contributed by atoms with Crippen molar-refractivity contribution in [3.63, 3.8) is 0 Å². The fraction of sp³-hybridized carbons (Fsp3) is 0.438. The van der Waals surface area contributed by atoms with E-state index >= 15 is 0 Å². The van der Waals surface area contributed by atoms with Crippen LogP contribution >= 0.6 is 0 Å². The van der Waals surface area contributed by atoms with Gasteiger partial charge in [-0.2, -0.15) is 0 Å². The Bertz CT molecular complexity index is 556. The quantitative estimate of drug-likeness (QED) is 0.892. The van der Waals surface area contributed by atoms with Crippen LogP contribution in [-0.4, -0.2) is 11.8 Å². The van der Waals surface area contributed by atoms with E-state index in [1.807, 2.05) is 24.3 Å². The summed E-state index contributed by atoms with van der Waals surface area (Å²) >= 11 is 0. The van der Waals surface area contributed by atoms with Crippen LogP contribution in [0.25, 0.3) is 11.1 Å². The highest BCUT2D eigenvalue weighted by molar-refractivity contribution is 5.76.